The van der Waals surface area contributed by atoms with Gasteiger partial charge in [-0.15, -0.1) is 0 Å². The number of ether oxygens (including phenoxy) is 2. The van der Waals surface area contributed by atoms with Gasteiger partial charge in [-0.05, 0) is 24.5 Å². The molecule has 0 saturated carbocycles. The van der Waals surface area contributed by atoms with E-state index in [0.29, 0.717) is 18.7 Å². The molecule has 3 unspecified atom stereocenters. The summed E-state index contributed by atoms with van der Waals surface area (Å²) in [7, 11) is -3.97. The Balaban J connectivity index is 1.23. The third-order valence-corrected chi connectivity index (χ3v) is 8.79. The monoisotopic (exact) mass is 494 g/mol. The third-order valence-electron chi connectivity index (χ3n) is 7.35. The standard InChI is InChI=1S/C22H27N2O9P/c1-11-7-13-12-8-14-20(30-10-29-14)18(26)16(12)22(27)23-17(13)21-19(11)32-34(28,33-21)31-9-24-6-4-2-3-5-15(24)25/h7-8,11-12,16-17,19,21,26H,2-6,9-10H2,1H3,(H,23,27)/t11-,12?,16?,17+,19+,21-,34?/m0/s1. The summed E-state index contributed by atoms with van der Waals surface area (Å²) in [6.45, 7) is 2.26. The number of aliphatic hydroxyl groups excluding tert-OH is 1. The molecule has 2 amide bonds. The molecule has 4 fully saturated rings. The van der Waals surface area contributed by atoms with Crippen molar-refractivity contribution in [2.24, 2.45) is 17.8 Å². The number of phosphoric acid groups is 1. The Bertz CT molecular complexity index is 1070. The first-order valence-corrected chi connectivity index (χ1v) is 13.1. The molecule has 11 nitrogen and oxygen atoms in total. The number of nitrogens with zero attached hydrogens (tertiary/aromatic N) is 1. The number of amides is 2. The topological polar surface area (TPSA) is 133 Å². The van der Waals surface area contributed by atoms with Gasteiger partial charge in [-0.2, -0.15) is 0 Å². The number of nitrogens with one attached hydrogen (secondary N) is 1. The van der Waals surface area contributed by atoms with E-state index in [0.717, 1.165) is 24.8 Å². The van der Waals surface area contributed by atoms with E-state index in [1.807, 2.05) is 13.0 Å². The second kappa shape index (κ2) is 8.12. The number of allylic oxidation sites excluding steroid dienone is 1. The number of phosphoric ester groups is 1. The molecule has 0 spiro atoms. The minimum Gasteiger partial charge on any atom is -0.507 e. The second-order valence-electron chi connectivity index (χ2n) is 9.48. The quantitative estimate of drug-likeness (QED) is 0.448. The predicted octanol–water partition coefficient (Wildman–Crippen LogP) is 2.23. The first kappa shape index (κ1) is 22.2. The lowest BCUT2D eigenvalue weighted by atomic mass is 9.69. The van der Waals surface area contributed by atoms with Crippen molar-refractivity contribution in [3.8, 4) is 0 Å². The van der Waals surface area contributed by atoms with Crippen LogP contribution in [0, 0.1) is 17.8 Å². The molecule has 34 heavy (non-hydrogen) atoms. The van der Waals surface area contributed by atoms with Gasteiger partial charge in [0, 0.05) is 24.8 Å². The van der Waals surface area contributed by atoms with Gasteiger partial charge in [0.05, 0.1) is 6.04 Å². The van der Waals surface area contributed by atoms with Crippen molar-refractivity contribution in [3.63, 3.8) is 0 Å². The lowest BCUT2D eigenvalue weighted by Crippen LogP contribution is -2.60. The van der Waals surface area contributed by atoms with Crippen LogP contribution < -0.4 is 5.32 Å². The number of fused-ring (bicyclic) bond motifs is 6. The largest absolute Gasteiger partial charge is 0.507 e. The smallest absolute Gasteiger partial charge is 0.477 e. The SMILES string of the molecule is C[C@H]1C=C2C3C=C4OCOC4=C(O)C3C(=O)N[C@H]2[C@@H]2OP(=O)(OCN3CCCCCC3=O)O[C@@H]21. The maximum atomic E-state index is 13.4. The Morgan fingerprint density at radius 2 is 2.00 bits per heavy atom. The molecule has 0 aromatic rings. The number of rotatable bonds is 3. The molecule has 4 saturated heterocycles. The highest BCUT2D eigenvalue weighted by atomic mass is 31.2. The number of carbonyl (C=O) groups is 2. The van der Waals surface area contributed by atoms with Crippen LogP contribution in [0.1, 0.15) is 32.6 Å². The average molecular weight is 494 g/mol. The van der Waals surface area contributed by atoms with Gasteiger partial charge in [-0.3, -0.25) is 23.2 Å². The maximum absolute atomic E-state index is 13.4. The van der Waals surface area contributed by atoms with Crippen LogP contribution in [0.4, 0.5) is 0 Å². The Hall–Kier alpha value is -2.33. The first-order chi connectivity index (χ1) is 16.3. The van der Waals surface area contributed by atoms with Crippen molar-refractivity contribution in [1.29, 1.82) is 0 Å². The zero-order chi connectivity index (χ0) is 23.6. The van der Waals surface area contributed by atoms with Crippen LogP contribution in [0.5, 0.6) is 0 Å². The highest BCUT2D eigenvalue weighted by molar-refractivity contribution is 7.48. The molecule has 6 rings (SSSR count). The van der Waals surface area contributed by atoms with Gasteiger partial charge in [0.2, 0.25) is 24.4 Å². The van der Waals surface area contributed by atoms with Gasteiger partial charge >= 0.3 is 7.82 Å². The molecule has 2 aliphatic carbocycles. The second-order valence-corrected chi connectivity index (χ2v) is 11.1. The summed E-state index contributed by atoms with van der Waals surface area (Å²) in [5, 5.41) is 13.6. The molecule has 2 N–H and O–H groups in total. The molecule has 4 heterocycles. The fourth-order valence-electron chi connectivity index (χ4n) is 5.64. The molecule has 0 aromatic carbocycles. The molecule has 12 heteroatoms. The zero-order valence-corrected chi connectivity index (χ0v) is 19.6. The van der Waals surface area contributed by atoms with E-state index in [1.165, 1.54) is 4.90 Å². The average Bonchev–Trinajstić information content (AvgIpc) is 3.36. The maximum Gasteiger partial charge on any atom is 0.477 e. The van der Waals surface area contributed by atoms with Crippen LogP contribution in [-0.4, -0.2) is 60.1 Å². The van der Waals surface area contributed by atoms with E-state index in [9.17, 15) is 19.3 Å². The normalized spacial score (nSPS) is 41.1. The Morgan fingerprint density at radius 3 is 2.85 bits per heavy atom. The van der Waals surface area contributed by atoms with Crippen molar-refractivity contribution >= 4 is 19.6 Å². The molecular formula is C22H27N2O9P. The lowest BCUT2D eigenvalue weighted by molar-refractivity contribution is -0.134. The highest BCUT2D eigenvalue weighted by Crippen LogP contribution is 2.61. The van der Waals surface area contributed by atoms with E-state index in [4.69, 9.17) is 23.0 Å². The van der Waals surface area contributed by atoms with E-state index in [2.05, 4.69) is 5.32 Å². The highest BCUT2D eigenvalue weighted by Gasteiger charge is 2.58. The summed E-state index contributed by atoms with van der Waals surface area (Å²) in [5.74, 6) is -1.49. The lowest BCUT2D eigenvalue weighted by Gasteiger charge is -2.44. The van der Waals surface area contributed by atoms with E-state index < -0.39 is 43.8 Å². The molecule has 7 atom stereocenters. The summed E-state index contributed by atoms with van der Waals surface area (Å²) in [4.78, 5) is 26.8. The number of hydrogen-bond acceptors (Lipinski definition) is 9. The third kappa shape index (κ3) is 3.48. The fourth-order valence-corrected chi connectivity index (χ4v) is 7.24. The minimum atomic E-state index is -3.97. The van der Waals surface area contributed by atoms with Crippen molar-refractivity contribution in [1.82, 2.24) is 10.2 Å². The van der Waals surface area contributed by atoms with Gasteiger partial charge in [0.15, 0.2) is 11.5 Å². The molecular weight excluding hydrogens is 467 g/mol. The summed E-state index contributed by atoms with van der Waals surface area (Å²) in [5.41, 5.74) is 0.826. The molecule has 184 valence electrons. The zero-order valence-electron chi connectivity index (χ0n) is 18.7. The molecule has 0 radical (unpaired) electrons. The molecule has 4 aliphatic heterocycles. The number of hydrogen-bond donors (Lipinski definition) is 2. The minimum absolute atomic E-state index is 0.0210. The molecule has 0 aromatic heterocycles. The van der Waals surface area contributed by atoms with Gasteiger partial charge in [0.1, 0.15) is 24.9 Å². The van der Waals surface area contributed by atoms with Crippen molar-refractivity contribution in [2.45, 2.75) is 50.9 Å². The number of carbonyl (C=O) groups excluding carboxylic acids is 2. The van der Waals surface area contributed by atoms with Crippen LogP contribution in [0.15, 0.2) is 35.0 Å². The number of likely N-dealkylation sites (tertiary alicyclic amines) is 1. The summed E-state index contributed by atoms with van der Waals surface area (Å²) in [6, 6.07) is -0.609. The Morgan fingerprint density at radius 1 is 1.18 bits per heavy atom. The van der Waals surface area contributed by atoms with E-state index in [1.54, 1.807) is 6.08 Å². The van der Waals surface area contributed by atoms with Crippen molar-refractivity contribution in [3.05, 3.63) is 35.0 Å². The van der Waals surface area contributed by atoms with Crippen molar-refractivity contribution in [2.75, 3.05) is 20.1 Å². The van der Waals surface area contributed by atoms with Gasteiger partial charge in [-0.1, -0.05) is 19.4 Å². The molecule has 6 aliphatic rings. The fraction of sp³-hybridized carbons (Fsp3) is 0.636. The molecule has 0 bridgehead atoms. The van der Waals surface area contributed by atoms with Crippen LogP contribution in [0.25, 0.3) is 0 Å². The summed E-state index contributed by atoms with van der Waals surface area (Å²) >= 11 is 0. The van der Waals surface area contributed by atoms with Crippen molar-refractivity contribution < 1.29 is 42.3 Å². The summed E-state index contributed by atoms with van der Waals surface area (Å²) < 4.78 is 41.4. The summed E-state index contributed by atoms with van der Waals surface area (Å²) in [6.07, 6.45) is 5.51. The predicted molar refractivity (Wildman–Crippen MR) is 114 cm³/mol. The van der Waals surface area contributed by atoms with E-state index in [-0.39, 0.29) is 36.9 Å². The van der Waals surface area contributed by atoms with E-state index >= 15 is 0 Å². The Kier molecular flexibility index (Phi) is 5.29. The van der Waals surface area contributed by atoms with Crippen LogP contribution in [0.3, 0.4) is 0 Å². The van der Waals surface area contributed by atoms with Crippen LogP contribution in [0.2, 0.25) is 0 Å². The number of aliphatic hydroxyl groups is 1. The van der Waals surface area contributed by atoms with Gasteiger partial charge in [0.25, 0.3) is 0 Å². The van der Waals surface area contributed by atoms with Crippen LogP contribution in [-0.2, 0) is 37.2 Å². The first-order valence-electron chi connectivity index (χ1n) is 11.7. The van der Waals surface area contributed by atoms with Gasteiger partial charge < -0.3 is 24.8 Å². The van der Waals surface area contributed by atoms with Gasteiger partial charge in [-0.25, -0.2) is 4.57 Å². The Labute approximate surface area is 196 Å². The van der Waals surface area contributed by atoms with Crippen LogP contribution >= 0.6 is 7.82 Å². The number of piperidine rings is 1.